The molecule has 1 unspecified atom stereocenters. The van der Waals surface area contributed by atoms with Gasteiger partial charge in [-0.3, -0.25) is 9.59 Å². The van der Waals surface area contributed by atoms with Crippen molar-refractivity contribution >= 4 is 29.3 Å². The molecule has 0 spiro atoms. The highest BCUT2D eigenvalue weighted by molar-refractivity contribution is 7.99. The fourth-order valence-electron chi connectivity index (χ4n) is 3.10. The topological polar surface area (TPSA) is 112 Å². The lowest BCUT2D eigenvalue weighted by Gasteiger charge is -2.16. The summed E-state index contributed by atoms with van der Waals surface area (Å²) >= 11 is 1.24. The maximum atomic E-state index is 12.4. The van der Waals surface area contributed by atoms with Crippen LogP contribution in [0.4, 0.5) is 5.69 Å². The van der Waals surface area contributed by atoms with E-state index < -0.39 is 5.91 Å². The molecule has 0 aliphatic heterocycles. The molecule has 31 heavy (non-hydrogen) atoms. The minimum absolute atomic E-state index is 0.103. The number of thioether (sulfide) groups is 1. The summed E-state index contributed by atoms with van der Waals surface area (Å²) in [7, 11) is 1.83. The second kappa shape index (κ2) is 9.65. The Morgan fingerprint density at radius 1 is 1.19 bits per heavy atom. The van der Waals surface area contributed by atoms with E-state index in [0.29, 0.717) is 16.7 Å². The van der Waals surface area contributed by atoms with Crippen LogP contribution in [0.15, 0.2) is 47.6 Å². The number of carbonyl (C=O) groups is 2. The molecule has 0 aliphatic rings. The second-order valence-corrected chi connectivity index (χ2v) is 8.12. The number of carbonyl (C=O) groups excluding carboxylic acids is 2. The Labute approximate surface area is 185 Å². The molecule has 3 aromatic rings. The van der Waals surface area contributed by atoms with Crippen molar-refractivity contribution < 1.29 is 14.3 Å². The molecule has 162 valence electrons. The van der Waals surface area contributed by atoms with Crippen molar-refractivity contribution in [3.05, 3.63) is 65.0 Å². The average molecular weight is 440 g/mol. The highest BCUT2D eigenvalue weighted by atomic mass is 32.2. The van der Waals surface area contributed by atoms with Gasteiger partial charge in [0.15, 0.2) is 17.1 Å². The maximum absolute atomic E-state index is 12.4. The Morgan fingerprint density at radius 3 is 2.65 bits per heavy atom. The number of primary amides is 1. The first-order chi connectivity index (χ1) is 14.8. The molecule has 8 nitrogen and oxygen atoms in total. The summed E-state index contributed by atoms with van der Waals surface area (Å²) in [5.41, 5.74) is 8.22. The van der Waals surface area contributed by atoms with Gasteiger partial charge in [0, 0.05) is 7.05 Å². The summed E-state index contributed by atoms with van der Waals surface area (Å²) in [6.07, 6.45) is -0.315. The molecule has 3 N–H and O–H groups in total. The van der Waals surface area contributed by atoms with Gasteiger partial charge < -0.3 is 20.4 Å². The quantitative estimate of drug-likeness (QED) is 0.520. The smallest absolute Gasteiger partial charge is 0.250 e. The first kappa shape index (κ1) is 22.4. The summed E-state index contributed by atoms with van der Waals surface area (Å²) in [5.74, 6) is 0.678. The molecular formula is C22H25N5O3S. The van der Waals surface area contributed by atoms with Crippen LogP contribution in [-0.2, 0) is 11.8 Å². The van der Waals surface area contributed by atoms with E-state index in [1.165, 1.54) is 17.3 Å². The van der Waals surface area contributed by atoms with Crippen molar-refractivity contribution in [2.24, 2.45) is 12.8 Å². The molecule has 0 fully saturated rings. The van der Waals surface area contributed by atoms with Gasteiger partial charge >= 0.3 is 0 Å². The Kier molecular flexibility index (Phi) is 6.96. The molecule has 1 aromatic heterocycles. The monoisotopic (exact) mass is 439 g/mol. The van der Waals surface area contributed by atoms with E-state index >= 15 is 0 Å². The SMILES string of the molecule is Cc1ccc(OC(C)c2nnc(SCC(=O)Nc3ccccc3C(N)=O)n2C)c(C)c1. The zero-order chi connectivity index (χ0) is 22.5. The van der Waals surface area contributed by atoms with Gasteiger partial charge in [-0.1, -0.05) is 41.6 Å². The molecule has 3 rings (SSSR count). The Morgan fingerprint density at radius 2 is 1.94 bits per heavy atom. The van der Waals surface area contributed by atoms with E-state index in [0.717, 1.165) is 11.3 Å². The number of benzene rings is 2. The number of nitrogens with zero attached hydrogens (tertiary/aromatic N) is 3. The number of aryl methyl sites for hydroxylation is 2. The van der Waals surface area contributed by atoms with E-state index in [1.807, 2.05) is 44.5 Å². The fraction of sp³-hybridized carbons (Fsp3) is 0.273. The Bertz CT molecular complexity index is 1110. The van der Waals surface area contributed by atoms with Crippen molar-refractivity contribution in [3.8, 4) is 5.75 Å². The summed E-state index contributed by atoms with van der Waals surface area (Å²) in [5, 5.41) is 11.7. The molecule has 0 bridgehead atoms. The number of amides is 2. The number of anilines is 1. The minimum Gasteiger partial charge on any atom is -0.482 e. The molecule has 2 aromatic carbocycles. The summed E-state index contributed by atoms with van der Waals surface area (Å²) in [4.78, 5) is 23.8. The van der Waals surface area contributed by atoms with E-state index in [9.17, 15) is 9.59 Å². The molecule has 1 atom stereocenters. The van der Waals surface area contributed by atoms with Crippen LogP contribution in [-0.4, -0.2) is 32.3 Å². The number of aromatic nitrogens is 3. The van der Waals surface area contributed by atoms with Crippen LogP contribution in [0.2, 0.25) is 0 Å². The summed E-state index contributed by atoms with van der Waals surface area (Å²) < 4.78 is 7.87. The number of para-hydroxylation sites is 1. The molecule has 0 aliphatic carbocycles. The van der Waals surface area contributed by atoms with E-state index in [2.05, 4.69) is 21.6 Å². The largest absolute Gasteiger partial charge is 0.482 e. The fourth-order valence-corrected chi connectivity index (χ4v) is 3.82. The third-order valence-corrected chi connectivity index (χ3v) is 5.69. The normalized spacial score (nSPS) is 11.7. The number of rotatable bonds is 8. The second-order valence-electron chi connectivity index (χ2n) is 7.18. The highest BCUT2D eigenvalue weighted by Gasteiger charge is 2.19. The van der Waals surface area contributed by atoms with Crippen molar-refractivity contribution in [2.75, 3.05) is 11.1 Å². The van der Waals surface area contributed by atoms with Gasteiger partial charge in [0.05, 0.1) is 17.0 Å². The lowest BCUT2D eigenvalue weighted by Crippen LogP contribution is -2.19. The van der Waals surface area contributed by atoms with Crippen LogP contribution in [0, 0.1) is 13.8 Å². The van der Waals surface area contributed by atoms with Gasteiger partial charge in [-0.05, 0) is 44.5 Å². The maximum Gasteiger partial charge on any atom is 0.250 e. The molecule has 0 radical (unpaired) electrons. The Hall–Kier alpha value is -3.33. The number of hydrogen-bond donors (Lipinski definition) is 2. The standard InChI is InChI=1S/C22H25N5O3S/c1-13-9-10-18(14(2)11-13)30-15(3)21-25-26-22(27(21)4)31-12-19(28)24-17-8-6-5-7-16(17)20(23)29/h5-11,15H,12H2,1-4H3,(H2,23,29)(H,24,28). The van der Waals surface area contributed by atoms with Gasteiger partial charge in [0.1, 0.15) is 5.75 Å². The van der Waals surface area contributed by atoms with Crippen LogP contribution >= 0.6 is 11.8 Å². The minimum atomic E-state index is -0.598. The van der Waals surface area contributed by atoms with E-state index in [1.54, 1.807) is 24.3 Å². The van der Waals surface area contributed by atoms with Crippen LogP contribution in [0.3, 0.4) is 0 Å². The van der Waals surface area contributed by atoms with E-state index in [-0.39, 0.29) is 23.3 Å². The zero-order valence-corrected chi connectivity index (χ0v) is 18.7. The number of ether oxygens (including phenoxy) is 1. The van der Waals surface area contributed by atoms with Gasteiger partial charge in [-0.15, -0.1) is 10.2 Å². The lowest BCUT2D eigenvalue weighted by atomic mass is 10.1. The molecular weight excluding hydrogens is 414 g/mol. The number of nitrogens with one attached hydrogen (secondary N) is 1. The highest BCUT2D eigenvalue weighted by Crippen LogP contribution is 2.26. The van der Waals surface area contributed by atoms with Gasteiger partial charge in [-0.2, -0.15) is 0 Å². The van der Waals surface area contributed by atoms with Gasteiger partial charge in [0.25, 0.3) is 5.91 Å². The third kappa shape index (κ3) is 5.43. The van der Waals surface area contributed by atoms with Gasteiger partial charge in [0.2, 0.25) is 5.91 Å². The summed E-state index contributed by atoms with van der Waals surface area (Å²) in [6, 6.07) is 12.6. The predicted octanol–water partition coefficient (Wildman–Crippen LogP) is 3.40. The predicted molar refractivity (Wildman–Crippen MR) is 120 cm³/mol. The number of hydrogen-bond acceptors (Lipinski definition) is 6. The van der Waals surface area contributed by atoms with Crippen LogP contribution < -0.4 is 15.8 Å². The first-order valence-electron chi connectivity index (χ1n) is 9.71. The number of nitrogens with two attached hydrogens (primary N) is 1. The summed E-state index contributed by atoms with van der Waals surface area (Å²) in [6.45, 7) is 5.95. The van der Waals surface area contributed by atoms with Crippen LogP contribution in [0.25, 0.3) is 0 Å². The van der Waals surface area contributed by atoms with Crippen molar-refractivity contribution in [1.29, 1.82) is 0 Å². The molecule has 9 heteroatoms. The molecule has 1 heterocycles. The van der Waals surface area contributed by atoms with E-state index in [4.69, 9.17) is 10.5 Å². The average Bonchev–Trinajstić information content (AvgIpc) is 3.09. The first-order valence-corrected chi connectivity index (χ1v) is 10.7. The van der Waals surface area contributed by atoms with Crippen molar-refractivity contribution in [2.45, 2.75) is 32.0 Å². The van der Waals surface area contributed by atoms with Crippen LogP contribution in [0.5, 0.6) is 5.75 Å². The van der Waals surface area contributed by atoms with Crippen LogP contribution in [0.1, 0.15) is 40.3 Å². The lowest BCUT2D eigenvalue weighted by molar-refractivity contribution is -0.113. The third-order valence-electron chi connectivity index (χ3n) is 4.67. The van der Waals surface area contributed by atoms with Gasteiger partial charge in [-0.25, -0.2) is 0 Å². The van der Waals surface area contributed by atoms with Crippen molar-refractivity contribution in [1.82, 2.24) is 14.8 Å². The van der Waals surface area contributed by atoms with Crippen molar-refractivity contribution in [3.63, 3.8) is 0 Å². The Balaban J connectivity index is 1.62. The molecule has 2 amide bonds. The molecule has 0 saturated carbocycles. The molecule has 0 saturated heterocycles. The zero-order valence-electron chi connectivity index (χ0n) is 17.9.